The molecule has 1 heterocycles. The van der Waals surface area contributed by atoms with Gasteiger partial charge in [0, 0.05) is 19.7 Å². The Labute approximate surface area is 95.7 Å². The van der Waals surface area contributed by atoms with Gasteiger partial charge in [-0.05, 0) is 13.3 Å². The molecule has 5 heteroatoms. The molecule has 0 bridgehead atoms. The van der Waals surface area contributed by atoms with Gasteiger partial charge in [-0.3, -0.25) is 4.79 Å². The van der Waals surface area contributed by atoms with Crippen LogP contribution in [-0.4, -0.2) is 28.3 Å². The maximum atomic E-state index is 10.7. The molecule has 1 rings (SSSR count). The van der Waals surface area contributed by atoms with Gasteiger partial charge >= 0.3 is 0 Å². The van der Waals surface area contributed by atoms with Crippen LogP contribution in [0.2, 0.25) is 0 Å². The molecular weight excluding hydrogens is 206 g/mol. The molecule has 5 nitrogen and oxygen atoms in total. The second-order valence-electron chi connectivity index (χ2n) is 3.90. The molecule has 0 aromatic carbocycles. The number of carbonyl (C=O) groups is 1. The lowest BCUT2D eigenvalue weighted by atomic mass is 10.3. The van der Waals surface area contributed by atoms with Crippen LogP contribution in [0.4, 0.5) is 5.82 Å². The smallest absolute Gasteiger partial charge is 0.215 e. The van der Waals surface area contributed by atoms with Crippen molar-refractivity contribution in [2.24, 2.45) is 0 Å². The molecule has 0 aliphatic rings. The largest absolute Gasteiger partial charge is 0.387 e. The average molecular weight is 225 g/mol. The van der Waals surface area contributed by atoms with Crippen LogP contribution in [-0.2, 0) is 11.3 Å². The summed E-state index contributed by atoms with van der Waals surface area (Å²) in [5, 5.41) is 13.7. The predicted molar refractivity (Wildman–Crippen MR) is 62.2 cm³/mol. The van der Waals surface area contributed by atoms with E-state index in [2.05, 4.69) is 12.0 Å². The Morgan fingerprint density at radius 1 is 1.69 bits per heavy atom. The number of rotatable bonds is 6. The van der Waals surface area contributed by atoms with E-state index < -0.39 is 6.10 Å². The van der Waals surface area contributed by atoms with Crippen LogP contribution in [0.15, 0.2) is 6.07 Å². The van der Waals surface area contributed by atoms with Crippen LogP contribution in [0.1, 0.15) is 38.5 Å². The predicted octanol–water partition coefficient (Wildman–Crippen LogP) is 1.33. The lowest BCUT2D eigenvalue weighted by Crippen LogP contribution is -2.18. The SMILES string of the molecule is CCCCn1nc(C(C)O)cc1N(C)C=O. The Morgan fingerprint density at radius 2 is 2.38 bits per heavy atom. The first-order chi connectivity index (χ1) is 7.60. The minimum absolute atomic E-state index is 0.597. The van der Waals surface area contributed by atoms with Crippen molar-refractivity contribution in [1.29, 1.82) is 0 Å². The molecule has 0 aliphatic heterocycles. The van der Waals surface area contributed by atoms with Crippen molar-refractivity contribution in [2.45, 2.75) is 39.3 Å². The highest BCUT2D eigenvalue weighted by molar-refractivity contribution is 5.72. The van der Waals surface area contributed by atoms with Gasteiger partial charge in [-0.25, -0.2) is 4.68 Å². The minimum atomic E-state index is -0.610. The number of hydrogen-bond acceptors (Lipinski definition) is 3. The molecule has 90 valence electrons. The lowest BCUT2D eigenvalue weighted by molar-refractivity contribution is -0.107. The Hall–Kier alpha value is -1.36. The van der Waals surface area contributed by atoms with Crippen LogP contribution in [0.5, 0.6) is 0 Å². The van der Waals surface area contributed by atoms with Gasteiger partial charge in [0.25, 0.3) is 0 Å². The molecule has 0 fully saturated rings. The van der Waals surface area contributed by atoms with Crippen LogP contribution in [0.3, 0.4) is 0 Å². The fourth-order valence-corrected chi connectivity index (χ4v) is 1.44. The third kappa shape index (κ3) is 2.82. The van der Waals surface area contributed by atoms with Crippen molar-refractivity contribution in [3.05, 3.63) is 11.8 Å². The van der Waals surface area contributed by atoms with Gasteiger partial charge in [0.1, 0.15) is 5.82 Å². The Bertz CT molecular complexity index is 347. The van der Waals surface area contributed by atoms with Crippen LogP contribution < -0.4 is 4.90 Å². The third-order valence-electron chi connectivity index (χ3n) is 2.45. The van der Waals surface area contributed by atoms with Gasteiger partial charge in [-0.15, -0.1) is 0 Å². The number of hydrogen-bond donors (Lipinski definition) is 1. The molecule has 1 aromatic heterocycles. The molecular formula is C11H19N3O2. The molecule has 1 atom stereocenters. The molecule has 0 spiro atoms. The molecule has 0 radical (unpaired) electrons. The quantitative estimate of drug-likeness (QED) is 0.743. The van der Waals surface area contributed by atoms with Gasteiger partial charge in [-0.2, -0.15) is 5.10 Å². The van der Waals surface area contributed by atoms with Crippen molar-refractivity contribution < 1.29 is 9.90 Å². The van der Waals surface area contributed by atoms with Crippen LogP contribution in [0.25, 0.3) is 0 Å². The van der Waals surface area contributed by atoms with Gasteiger partial charge in [0.2, 0.25) is 6.41 Å². The molecule has 0 saturated heterocycles. The summed E-state index contributed by atoms with van der Waals surface area (Å²) in [6.45, 7) is 4.52. The number of anilines is 1. The molecule has 0 aliphatic carbocycles. The van der Waals surface area contributed by atoms with E-state index in [1.807, 2.05) is 0 Å². The van der Waals surface area contributed by atoms with E-state index in [1.54, 1.807) is 24.7 Å². The van der Waals surface area contributed by atoms with Gasteiger partial charge in [0.15, 0.2) is 0 Å². The number of carbonyl (C=O) groups excluding carboxylic acids is 1. The zero-order chi connectivity index (χ0) is 12.1. The van der Waals surface area contributed by atoms with E-state index >= 15 is 0 Å². The summed E-state index contributed by atoms with van der Waals surface area (Å²) in [6, 6.07) is 1.74. The summed E-state index contributed by atoms with van der Waals surface area (Å²) in [5.74, 6) is 0.722. The minimum Gasteiger partial charge on any atom is -0.387 e. The number of unbranched alkanes of at least 4 members (excludes halogenated alkanes) is 1. The van der Waals surface area contributed by atoms with E-state index in [-0.39, 0.29) is 0 Å². The van der Waals surface area contributed by atoms with Gasteiger partial charge < -0.3 is 10.0 Å². The van der Waals surface area contributed by atoms with Gasteiger partial charge in [0.05, 0.1) is 11.8 Å². The normalized spacial score (nSPS) is 12.5. The summed E-state index contributed by atoms with van der Waals surface area (Å²) in [5.41, 5.74) is 0.597. The number of amides is 1. The zero-order valence-corrected chi connectivity index (χ0v) is 10.1. The molecule has 1 N–H and O–H groups in total. The first-order valence-corrected chi connectivity index (χ1v) is 5.54. The van der Waals surface area contributed by atoms with Crippen molar-refractivity contribution in [3.63, 3.8) is 0 Å². The van der Waals surface area contributed by atoms with Crippen LogP contribution >= 0.6 is 0 Å². The zero-order valence-electron chi connectivity index (χ0n) is 10.1. The summed E-state index contributed by atoms with van der Waals surface area (Å²) in [7, 11) is 1.68. The van der Waals surface area contributed by atoms with Crippen molar-refractivity contribution in [1.82, 2.24) is 9.78 Å². The monoisotopic (exact) mass is 225 g/mol. The highest BCUT2D eigenvalue weighted by Crippen LogP contribution is 2.19. The van der Waals surface area contributed by atoms with Crippen molar-refractivity contribution in [3.8, 4) is 0 Å². The number of aliphatic hydroxyl groups excluding tert-OH is 1. The van der Waals surface area contributed by atoms with Crippen LogP contribution in [0, 0.1) is 0 Å². The number of aliphatic hydroxyl groups is 1. The first kappa shape index (κ1) is 12.7. The lowest BCUT2D eigenvalue weighted by Gasteiger charge is -2.12. The number of aryl methyl sites for hydroxylation is 1. The standard InChI is InChI=1S/C11H19N3O2/c1-4-5-6-14-11(13(3)8-15)7-10(12-14)9(2)16/h7-9,16H,4-6H2,1-3H3. The third-order valence-corrected chi connectivity index (χ3v) is 2.45. The molecule has 1 amide bonds. The maximum absolute atomic E-state index is 10.7. The Morgan fingerprint density at radius 3 is 2.88 bits per heavy atom. The number of nitrogens with zero attached hydrogens (tertiary/aromatic N) is 3. The molecule has 16 heavy (non-hydrogen) atoms. The summed E-state index contributed by atoms with van der Waals surface area (Å²) in [4.78, 5) is 12.2. The van der Waals surface area contributed by atoms with E-state index in [9.17, 15) is 9.90 Å². The summed E-state index contributed by atoms with van der Waals surface area (Å²) >= 11 is 0. The van der Waals surface area contributed by atoms with Crippen molar-refractivity contribution in [2.75, 3.05) is 11.9 Å². The summed E-state index contributed by atoms with van der Waals surface area (Å²) in [6.07, 6.45) is 2.20. The van der Waals surface area contributed by atoms with Crippen molar-refractivity contribution >= 4 is 12.2 Å². The Balaban J connectivity index is 2.97. The fraction of sp³-hybridized carbons (Fsp3) is 0.636. The summed E-state index contributed by atoms with van der Waals surface area (Å²) < 4.78 is 1.76. The number of aromatic nitrogens is 2. The first-order valence-electron chi connectivity index (χ1n) is 5.54. The molecule has 1 aromatic rings. The second-order valence-corrected chi connectivity index (χ2v) is 3.90. The average Bonchev–Trinajstić information content (AvgIpc) is 2.69. The second kappa shape index (κ2) is 5.65. The van der Waals surface area contributed by atoms with Gasteiger partial charge in [-0.1, -0.05) is 13.3 Å². The topological polar surface area (TPSA) is 58.4 Å². The van der Waals surface area contributed by atoms with E-state index in [4.69, 9.17) is 0 Å². The van der Waals surface area contributed by atoms with E-state index in [0.717, 1.165) is 31.6 Å². The fourth-order valence-electron chi connectivity index (χ4n) is 1.44. The molecule has 0 saturated carbocycles. The maximum Gasteiger partial charge on any atom is 0.215 e. The highest BCUT2D eigenvalue weighted by atomic mass is 16.3. The van der Waals surface area contributed by atoms with E-state index in [1.165, 1.54) is 4.90 Å². The molecule has 1 unspecified atom stereocenters. The highest BCUT2D eigenvalue weighted by Gasteiger charge is 2.13. The van der Waals surface area contributed by atoms with E-state index in [0.29, 0.717) is 5.69 Å². The Kier molecular flexibility index (Phi) is 4.49.